The van der Waals surface area contributed by atoms with Gasteiger partial charge in [0.25, 0.3) is 0 Å². The van der Waals surface area contributed by atoms with Gasteiger partial charge in [-0.1, -0.05) is 12.1 Å². The van der Waals surface area contributed by atoms with Crippen LogP contribution in [0.2, 0.25) is 0 Å². The molecule has 2 aromatic heterocycles. The maximum atomic E-state index is 12.5. The molecule has 0 fully saturated rings. The van der Waals surface area contributed by atoms with Gasteiger partial charge in [-0.25, -0.2) is 0 Å². The number of phenolic OH excluding ortho intramolecular Hbond substituents is 1. The number of carbonyl (C=O) groups is 1. The third kappa shape index (κ3) is 5.73. The van der Waals surface area contributed by atoms with E-state index in [1.54, 1.807) is 28.7 Å². The molecule has 0 aliphatic heterocycles. The molecule has 4 aromatic rings. The minimum atomic E-state index is -0.185. The number of carbonyl (C=O) groups excluding carboxylic acids is 1. The molecule has 0 radical (unpaired) electrons. The van der Waals surface area contributed by atoms with Crippen LogP contribution in [0.5, 0.6) is 11.5 Å². The van der Waals surface area contributed by atoms with Gasteiger partial charge in [0.05, 0.1) is 0 Å². The molecule has 0 aliphatic carbocycles. The molecule has 0 unspecified atom stereocenters. The molecule has 0 saturated carbocycles. The maximum Gasteiger partial charge on any atom is 0.311 e. The fraction of sp³-hybridized carbons (Fsp3) is 0.346. The summed E-state index contributed by atoms with van der Waals surface area (Å²) in [6, 6.07) is 11.6. The first kappa shape index (κ1) is 23.7. The quantitative estimate of drug-likeness (QED) is 0.220. The van der Waals surface area contributed by atoms with Crippen molar-refractivity contribution in [3.8, 4) is 11.5 Å². The van der Waals surface area contributed by atoms with Gasteiger partial charge in [0.1, 0.15) is 11.5 Å². The van der Waals surface area contributed by atoms with Gasteiger partial charge in [0, 0.05) is 33.1 Å². The number of thiophene rings is 2. The van der Waals surface area contributed by atoms with Crippen LogP contribution < -0.4 is 10.1 Å². The number of aromatic hydroxyl groups is 1. The summed E-state index contributed by atoms with van der Waals surface area (Å²) in [5.41, 5.74) is 2.40. The van der Waals surface area contributed by atoms with Crippen molar-refractivity contribution in [3.63, 3.8) is 0 Å². The Morgan fingerprint density at radius 1 is 1.00 bits per heavy atom. The van der Waals surface area contributed by atoms with E-state index in [0.717, 1.165) is 59.1 Å². The molecule has 0 bridgehead atoms. The van der Waals surface area contributed by atoms with Crippen LogP contribution in [-0.4, -0.2) is 49.7 Å². The average molecular weight is 483 g/mol. The summed E-state index contributed by atoms with van der Waals surface area (Å²) in [5.74, 6) is 0.835. The lowest BCUT2D eigenvalue weighted by Gasteiger charge is -2.16. The maximum absolute atomic E-state index is 12.5. The van der Waals surface area contributed by atoms with E-state index in [0.29, 0.717) is 17.9 Å². The van der Waals surface area contributed by atoms with Crippen LogP contribution in [0.3, 0.4) is 0 Å². The minimum Gasteiger partial charge on any atom is -0.507 e. The number of hydrogen-bond donors (Lipinski definition) is 2. The molecular formula is C26H30N2O3S2. The predicted molar refractivity (Wildman–Crippen MR) is 139 cm³/mol. The monoisotopic (exact) mass is 482 g/mol. The highest BCUT2D eigenvalue weighted by molar-refractivity contribution is 7.17. The fourth-order valence-corrected chi connectivity index (χ4v) is 6.08. The highest BCUT2D eigenvalue weighted by Gasteiger charge is 2.14. The molecule has 7 heteroatoms. The molecule has 174 valence electrons. The lowest BCUT2D eigenvalue weighted by molar-refractivity contribution is -0.134. The number of fused-ring (bicyclic) bond motifs is 2. The smallest absolute Gasteiger partial charge is 0.311 e. The van der Waals surface area contributed by atoms with Gasteiger partial charge in [0.2, 0.25) is 0 Å². The lowest BCUT2D eigenvalue weighted by Crippen LogP contribution is -2.23. The molecule has 2 heterocycles. The van der Waals surface area contributed by atoms with Crippen LogP contribution in [-0.2, 0) is 17.6 Å². The molecule has 2 aromatic carbocycles. The number of ether oxygens (including phenoxy) is 1. The average Bonchev–Trinajstić information content (AvgIpc) is 3.42. The number of benzene rings is 2. The zero-order chi connectivity index (χ0) is 23.2. The summed E-state index contributed by atoms with van der Waals surface area (Å²) < 4.78 is 8.04. The van der Waals surface area contributed by atoms with Gasteiger partial charge < -0.3 is 20.1 Å². The van der Waals surface area contributed by atoms with E-state index in [-0.39, 0.29) is 5.97 Å². The summed E-state index contributed by atoms with van der Waals surface area (Å²) in [6.07, 6.45) is 2.91. The molecule has 5 nitrogen and oxygen atoms in total. The number of esters is 1. The van der Waals surface area contributed by atoms with Crippen molar-refractivity contribution < 1.29 is 14.6 Å². The van der Waals surface area contributed by atoms with Crippen molar-refractivity contribution in [1.82, 2.24) is 10.2 Å². The van der Waals surface area contributed by atoms with Gasteiger partial charge in [0.15, 0.2) is 0 Å². The van der Waals surface area contributed by atoms with Gasteiger partial charge >= 0.3 is 5.97 Å². The van der Waals surface area contributed by atoms with E-state index in [1.165, 1.54) is 11.1 Å². The Labute approximate surface area is 202 Å². The number of nitrogens with one attached hydrogen (secondary N) is 1. The third-order valence-corrected chi connectivity index (χ3v) is 7.84. The zero-order valence-electron chi connectivity index (χ0n) is 19.1. The highest BCUT2D eigenvalue weighted by atomic mass is 32.1. The molecule has 33 heavy (non-hydrogen) atoms. The molecular weight excluding hydrogens is 452 g/mol. The Hall–Kier alpha value is -2.45. The van der Waals surface area contributed by atoms with Crippen molar-refractivity contribution in [2.45, 2.75) is 25.7 Å². The van der Waals surface area contributed by atoms with Crippen molar-refractivity contribution in [1.29, 1.82) is 0 Å². The highest BCUT2D eigenvalue weighted by Crippen LogP contribution is 2.35. The summed E-state index contributed by atoms with van der Waals surface area (Å²) in [6.45, 7) is 2.58. The predicted octanol–water partition coefficient (Wildman–Crippen LogP) is 5.44. The van der Waals surface area contributed by atoms with E-state index in [1.807, 2.05) is 31.3 Å². The van der Waals surface area contributed by atoms with Crippen molar-refractivity contribution in [2.75, 3.05) is 33.7 Å². The van der Waals surface area contributed by atoms with Gasteiger partial charge in [-0.3, -0.25) is 4.79 Å². The first-order valence-electron chi connectivity index (χ1n) is 11.3. The van der Waals surface area contributed by atoms with Crippen LogP contribution in [0.25, 0.3) is 20.2 Å². The molecule has 2 N–H and O–H groups in total. The topological polar surface area (TPSA) is 61.8 Å². The number of likely N-dealkylation sites (N-methyl/N-ethyl adjacent to an activating group) is 2. The first-order chi connectivity index (χ1) is 16.1. The lowest BCUT2D eigenvalue weighted by atomic mass is 10.1. The number of nitrogens with zero attached hydrogens (tertiary/aromatic N) is 1. The second kappa shape index (κ2) is 11.1. The zero-order valence-corrected chi connectivity index (χ0v) is 20.7. The molecule has 0 spiro atoms. The summed E-state index contributed by atoms with van der Waals surface area (Å²) >= 11 is 3.36. The van der Waals surface area contributed by atoms with Crippen molar-refractivity contribution >= 4 is 48.8 Å². The van der Waals surface area contributed by atoms with Crippen LogP contribution in [0.1, 0.15) is 24.0 Å². The van der Waals surface area contributed by atoms with E-state index in [9.17, 15) is 9.90 Å². The second-order valence-electron chi connectivity index (χ2n) is 8.29. The van der Waals surface area contributed by atoms with E-state index < -0.39 is 0 Å². The molecule has 0 saturated heterocycles. The molecule has 0 amide bonds. The normalized spacial score (nSPS) is 11.6. The van der Waals surface area contributed by atoms with Crippen molar-refractivity contribution in [3.05, 3.63) is 58.3 Å². The molecule has 0 atom stereocenters. The summed E-state index contributed by atoms with van der Waals surface area (Å²) in [4.78, 5) is 14.8. The first-order valence-corrected chi connectivity index (χ1v) is 13.0. The Bertz CT molecular complexity index is 1230. The Balaban J connectivity index is 1.27. The van der Waals surface area contributed by atoms with Crippen LogP contribution >= 0.6 is 22.7 Å². The number of phenols is 1. The van der Waals surface area contributed by atoms with E-state index >= 15 is 0 Å². The van der Waals surface area contributed by atoms with Gasteiger partial charge in [-0.2, -0.15) is 0 Å². The van der Waals surface area contributed by atoms with Crippen LogP contribution in [0.15, 0.2) is 47.2 Å². The summed E-state index contributed by atoms with van der Waals surface area (Å²) in [5, 5.41) is 19.7. The van der Waals surface area contributed by atoms with Gasteiger partial charge in [-0.05, 0) is 92.6 Å². The SMILES string of the molecule is CNCCc1csc2cccc(OC(=O)CCCN(C)CCc3csc4cccc(O)c34)c12. The fourth-order valence-electron chi connectivity index (χ4n) is 4.06. The summed E-state index contributed by atoms with van der Waals surface area (Å²) in [7, 11) is 4.01. The number of hydrogen-bond acceptors (Lipinski definition) is 7. The van der Waals surface area contributed by atoms with Crippen molar-refractivity contribution in [2.24, 2.45) is 0 Å². The Kier molecular flexibility index (Phi) is 7.98. The van der Waals surface area contributed by atoms with E-state index in [4.69, 9.17) is 4.74 Å². The number of rotatable bonds is 11. The standard InChI is InChI=1S/C26H30N2O3S2/c1-27-13-11-18-16-33-23-9-4-7-21(26(18)23)31-24(30)10-5-14-28(2)15-12-19-17-32-22-8-3-6-20(29)25(19)22/h3-4,6-9,16-17,27,29H,5,10-15H2,1-2H3. The Morgan fingerprint density at radius 2 is 1.70 bits per heavy atom. The van der Waals surface area contributed by atoms with Gasteiger partial charge in [-0.15, -0.1) is 22.7 Å². The molecule has 0 aliphatic rings. The minimum absolute atomic E-state index is 0.185. The third-order valence-electron chi connectivity index (χ3n) is 5.84. The second-order valence-corrected chi connectivity index (χ2v) is 10.1. The van der Waals surface area contributed by atoms with Crippen LogP contribution in [0.4, 0.5) is 0 Å². The molecule has 4 rings (SSSR count). The van der Waals surface area contributed by atoms with Crippen LogP contribution in [0, 0.1) is 0 Å². The van der Waals surface area contributed by atoms with E-state index in [2.05, 4.69) is 34.1 Å². The Morgan fingerprint density at radius 3 is 2.45 bits per heavy atom. The largest absolute Gasteiger partial charge is 0.507 e.